The first-order valence-electron chi connectivity index (χ1n) is 5.87. The minimum atomic E-state index is 0.532. The van der Waals surface area contributed by atoms with Gasteiger partial charge in [0.2, 0.25) is 0 Å². The topological polar surface area (TPSA) is 24.9 Å². The third-order valence-electron chi connectivity index (χ3n) is 3.60. The Balaban J connectivity index is 2.01. The van der Waals surface area contributed by atoms with Crippen LogP contribution in [0.3, 0.4) is 0 Å². The molecule has 0 saturated heterocycles. The molecule has 84 valence electrons. The maximum atomic E-state index is 4.18. The molecule has 2 nitrogen and oxygen atoms in total. The van der Waals surface area contributed by atoms with Gasteiger partial charge in [-0.15, -0.1) is 11.3 Å². The van der Waals surface area contributed by atoms with E-state index in [9.17, 15) is 0 Å². The molecule has 15 heavy (non-hydrogen) atoms. The van der Waals surface area contributed by atoms with Crippen molar-refractivity contribution in [1.29, 1.82) is 0 Å². The highest BCUT2D eigenvalue weighted by Gasteiger charge is 2.26. The molecule has 1 aliphatic carbocycles. The van der Waals surface area contributed by atoms with Gasteiger partial charge in [-0.1, -0.05) is 19.8 Å². The normalized spacial score (nSPS) is 28.9. The fourth-order valence-electron chi connectivity index (χ4n) is 2.61. The molecule has 3 heteroatoms. The Morgan fingerprint density at radius 3 is 2.67 bits per heavy atom. The summed E-state index contributed by atoms with van der Waals surface area (Å²) in [5, 5.41) is 3.46. The van der Waals surface area contributed by atoms with E-state index in [1.54, 1.807) is 11.3 Å². The number of thiazole rings is 1. The third-order valence-corrected chi connectivity index (χ3v) is 4.46. The predicted molar refractivity (Wildman–Crippen MR) is 65.0 cm³/mol. The molecule has 0 radical (unpaired) electrons. The number of nitrogens with one attached hydrogen (secondary N) is 1. The van der Waals surface area contributed by atoms with E-state index in [1.807, 2.05) is 11.7 Å². The van der Waals surface area contributed by atoms with Gasteiger partial charge in [0.15, 0.2) is 0 Å². The van der Waals surface area contributed by atoms with Crippen LogP contribution in [0.1, 0.15) is 43.5 Å². The molecule has 1 aromatic rings. The van der Waals surface area contributed by atoms with Crippen LogP contribution < -0.4 is 5.32 Å². The zero-order chi connectivity index (χ0) is 10.7. The Morgan fingerprint density at radius 2 is 2.13 bits per heavy atom. The Labute approximate surface area is 96.1 Å². The van der Waals surface area contributed by atoms with Gasteiger partial charge in [-0.25, -0.2) is 0 Å². The Hall–Kier alpha value is -0.410. The van der Waals surface area contributed by atoms with Gasteiger partial charge in [0.05, 0.1) is 5.51 Å². The van der Waals surface area contributed by atoms with E-state index in [2.05, 4.69) is 24.3 Å². The maximum Gasteiger partial charge on any atom is 0.0794 e. The van der Waals surface area contributed by atoms with Gasteiger partial charge in [0.1, 0.15) is 0 Å². The Bertz CT molecular complexity index is 276. The van der Waals surface area contributed by atoms with Crippen molar-refractivity contribution in [3.63, 3.8) is 0 Å². The standard InChI is InChI=1S/C12H20N2S/c1-9-3-5-10(6-4-9)12(13-2)11-7-14-8-15-11/h7-10,12-13H,3-6H2,1-2H3. The quantitative estimate of drug-likeness (QED) is 0.852. The molecular formula is C12H20N2S. The summed E-state index contributed by atoms with van der Waals surface area (Å²) in [6, 6.07) is 0.532. The summed E-state index contributed by atoms with van der Waals surface area (Å²) >= 11 is 1.78. The summed E-state index contributed by atoms with van der Waals surface area (Å²) in [5.74, 6) is 1.74. The zero-order valence-electron chi connectivity index (χ0n) is 9.57. The van der Waals surface area contributed by atoms with E-state index in [4.69, 9.17) is 0 Å². The fraction of sp³-hybridized carbons (Fsp3) is 0.750. The summed E-state index contributed by atoms with van der Waals surface area (Å²) in [4.78, 5) is 5.58. The SMILES string of the molecule is CNC(c1cncs1)C1CCC(C)CC1. The highest BCUT2D eigenvalue weighted by atomic mass is 32.1. The van der Waals surface area contributed by atoms with Gasteiger partial charge in [0, 0.05) is 17.1 Å². The van der Waals surface area contributed by atoms with Crippen molar-refractivity contribution >= 4 is 11.3 Å². The van der Waals surface area contributed by atoms with Crippen molar-refractivity contribution < 1.29 is 0 Å². The van der Waals surface area contributed by atoms with E-state index >= 15 is 0 Å². The molecular weight excluding hydrogens is 204 g/mol. The van der Waals surface area contributed by atoms with E-state index in [0.717, 1.165) is 11.8 Å². The fourth-order valence-corrected chi connectivity index (χ4v) is 3.43. The lowest BCUT2D eigenvalue weighted by atomic mass is 9.79. The van der Waals surface area contributed by atoms with E-state index < -0.39 is 0 Å². The van der Waals surface area contributed by atoms with Crippen molar-refractivity contribution in [2.45, 2.75) is 38.6 Å². The Kier molecular flexibility index (Phi) is 3.76. The first-order chi connectivity index (χ1) is 7.31. The summed E-state index contributed by atoms with van der Waals surface area (Å²) in [5.41, 5.74) is 1.94. The summed E-state index contributed by atoms with van der Waals surface area (Å²) in [6.45, 7) is 2.37. The van der Waals surface area contributed by atoms with Crippen LogP contribution in [-0.2, 0) is 0 Å². The van der Waals surface area contributed by atoms with E-state index in [-0.39, 0.29) is 0 Å². The summed E-state index contributed by atoms with van der Waals surface area (Å²) < 4.78 is 0. The van der Waals surface area contributed by atoms with Crippen LogP contribution in [0.2, 0.25) is 0 Å². The molecule has 0 spiro atoms. The van der Waals surface area contributed by atoms with Crippen LogP contribution in [0.15, 0.2) is 11.7 Å². The third kappa shape index (κ3) is 2.58. The average molecular weight is 224 g/mol. The Morgan fingerprint density at radius 1 is 1.40 bits per heavy atom. The number of hydrogen-bond donors (Lipinski definition) is 1. The van der Waals surface area contributed by atoms with Crippen molar-refractivity contribution in [3.8, 4) is 0 Å². The number of rotatable bonds is 3. The molecule has 0 amide bonds. The maximum absolute atomic E-state index is 4.18. The molecule has 0 aliphatic heterocycles. The molecule has 1 aromatic heterocycles. The summed E-state index contributed by atoms with van der Waals surface area (Å²) in [7, 11) is 2.07. The highest BCUT2D eigenvalue weighted by Crippen LogP contribution is 2.37. The van der Waals surface area contributed by atoms with Gasteiger partial charge >= 0.3 is 0 Å². The van der Waals surface area contributed by atoms with Crippen molar-refractivity contribution in [2.24, 2.45) is 11.8 Å². The minimum Gasteiger partial charge on any atom is -0.312 e. The van der Waals surface area contributed by atoms with E-state index in [0.29, 0.717) is 6.04 Å². The molecule has 1 atom stereocenters. The van der Waals surface area contributed by atoms with Gasteiger partial charge in [-0.3, -0.25) is 4.98 Å². The predicted octanol–water partition coefficient (Wildman–Crippen LogP) is 3.23. The van der Waals surface area contributed by atoms with Crippen molar-refractivity contribution in [2.75, 3.05) is 7.05 Å². The van der Waals surface area contributed by atoms with Crippen LogP contribution in [0.5, 0.6) is 0 Å². The average Bonchev–Trinajstić information content (AvgIpc) is 2.75. The molecule has 1 fully saturated rings. The van der Waals surface area contributed by atoms with Gasteiger partial charge in [-0.2, -0.15) is 0 Å². The molecule has 1 saturated carbocycles. The van der Waals surface area contributed by atoms with Crippen LogP contribution in [-0.4, -0.2) is 12.0 Å². The first-order valence-corrected chi connectivity index (χ1v) is 6.75. The first kappa shape index (κ1) is 11.1. The molecule has 0 aromatic carbocycles. The molecule has 1 aliphatic rings. The largest absolute Gasteiger partial charge is 0.312 e. The molecule has 0 bridgehead atoms. The van der Waals surface area contributed by atoms with Crippen molar-refractivity contribution in [1.82, 2.24) is 10.3 Å². The van der Waals surface area contributed by atoms with Crippen LogP contribution in [0.25, 0.3) is 0 Å². The van der Waals surface area contributed by atoms with Crippen LogP contribution >= 0.6 is 11.3 Å². The molecule has 1 unspecified atom stereocenters. The lowest BCUT2D eigenvalue weighted by Gasteiger charge is -2.31. The smallest absolute Gasteiger partial charge is 0.0794 e. The minimum absolute atomic E-state index is 0.532. The molecule has 1 N–H and O–H groups in total. The van der Waals surface area contributed by atoms with E-state index in [1.165, 1.54) is 30.6 Å². The molecule has 1 heterocycles. The monoisotopic (exact) mass is 224 g/mol. The summed E-state index contributed by atoms with van der Waals surface area (Å²) in [6.07, 6.45) is 7.53. The van der Waals surface area contributed by atoms with Crippen LogP contribution in [0.4, 0.5) is 0 Å². The molecule has 2 rings (SSSR count). The lowest BCUT2D eigenvalue weighted by Crippen LogP contribution is -2.27. The van der Waals surface area contributed by atoms with Crippen molar-refractivity contribution in [3.05, 3.63) is 16.6 Å². The van der Waals surface area contributed by atoms with Gasteiger partial charge in [-0.05, 0) is 31.7 Å². The van der Waals surface area contributed by atoms with Crippen LogP contribution in [0, 0.1) is 11.8 Å². The highest BCUT2D eigenvalue weighted by molar-refractivity contribution is 7.09. The van der Waals surface area contributed by atoms with Gasteiger partial charge in [0.25, 0.3) is 0 Å². The second-order valence-electron chi connectivity index (χ2n) is 4.69. The second-order valence-corrected chi connectivity index (χ2v) is 5.61. The zero-order valence-corrected chi connectivity index (χ0v) is 10.4. The number of nitrogens with zero attached hydrogens (tertiary/aromatic N) is 1. The lowest BCUT2D eigenvalue weighted by molar-refractivity contribution is 0.240. The number of aromatic nitrogens is 1. The second kappa shape index (κ2) is 5.08. The van der Waals surface area contributed by atoms with Gasteiger partial charge < -0.3 is 5.32 Å². The number of hydrogen-bond acceptors (Lipinski definition) is 3.